The number of fused-ring (bicyclic) bond motifs is 2. The van der Waals surface area contributed by atoms with Crippen LogP contribution in [-0.2, 0) is 0 Å². The summed E-state index contributed by atoms with van der Waals surface area (Å²) in [4.78, 5) is 22.7. The van der Waals surface area contributed by atoms with E-state index in [1.807, 2.05) is 16.8 Å². The number of thiazole rings is 2. The van der Waals surface area contributed by atoms with Crippen molar-refractivity contribution in [1.29, 1.82) is 0 Å². The Hall–Kier alpha value is -1.33. The van der Waals surface area contributed by atoms with Crippen LogP contribution in [0.3, 0.4) is 0 Å². The molecule has 0 aromatic carbocycles. The Morgan fingerprint density at radius 1 is 1.19 bits per heavy atom. The van der Waals surface area contributed by atoms with Gasteiger partial charge < -0.3 is 10.2 Å². The molecule has 1 aliphatic rings. The number of nitrogens with zero attached hydrogens (tertiary/aromatic N) is 6. The summed E-state index contributed by atoms with van der Waals surface area (Å²) < 4.78 is 2.73. The van der Waals surface area contributed by atoms with E-state index in [1.54, 1.807) is 28.9 Å². The summed E-state index contributed by atoms with van der Waals surface area (Å²) in [6, 6.07) is 0.553. The number of hydrogen-bond acceptors (Lipinski definition) is 8. The molecule has 5 heterocycles. The van der Waals surface area contributed by atoms with Crippen molar-refractivity contribution < 1.29 is 0 Å². The number of piperidine rings is 1. The molecule has 0 aliphatic carbocycles. The standard InChI is InChI=1S/C16H16BrN7S2.ClH/c1-23(9-2-4-18-5-3-9)16-22-15-14(26-16)21-13(25-15)10-8-20-11(17)12-19-6-7-24(10)12;/h6-9,18H,2-5H2,1H3;1H. The minimum Gasteiger partial charge on any atom is -0.348 e. The van der Waals surface area contributed by atoms with Gasteiger partial charge in [-0.25, -0.2) is 19.9 Å². The van der Waals surface area contributed by atoms with Gasteiger partial charge >= 0.3 is 0 Å². The Morgan fingerprint density at radius 2 is 1.96 bits per heavy atom. The van der Waals surface area contributed by atoms with Crippen molar-refractivity contribution in [1.82, 2.24) is 29.7 Å². The van der Waals surface area contributed by atoms with Crippen molar-refractivity contribution in [2.45, 2.75) is 18.9 Å². The van der Waals surface area contributed by atoms with Crippen molar-refractivity contribution in [2.75, 3.05) is 25.0 Å². The molecule has 0 saturated carbocycles. The van der Waals surface area contributed by atoms with Crippen LogP contribution in [0.2, 0.25) is 0 Å². The summed E-state index contributed by atoms with van der Waals surface area (Å²) in [5.74, 6) is 0. The van der Waals surface area contributed by atoms with E-state index in [0.29, 0.717) is 6.04 Å². The molecule has 11 heteroatoms. The lowest BCUT2D eigenvalue weighted by atomic mass is 10.1. The number of imidazole rings is 1. The van der Waals surface area contributed by atoms with Gasteiger partial charge in [0.25, 0.3) is 0 Å². The van der Waals surface area contributed by atoms with Crippen molar-refractivity contribution in [3.05, 3.63) is 23.2 Å². The van der Waals surface area contributed by atoms with Crippen LogP contribution >= 0.6 is 51.0 Å². The first-order chi connectivity index (χ1) is 12.7. The number of anilines is 1. The molecule has 4 aromatic rings. The van der Waals surface area contributed by atoms with Gasteiger partial charge in [0.15, 0.2) is 20.4 Å². The Labute approximate surface area is 178 Å². The van der Waals surface area contributed by atoms with E-state index < -0.39 is 0 Å². The molecule has 0 radical (unpaired) electrons. The van der Waals surface area contributed by atoms with Gasteiger partial charge in [0.05, 0.1) is 6.20 Å². The van der Waals surface area contributed by atoms with E-state index in [9.17, 15) is 0 Å². The van der Waals surface area contributed by atoms with Crippen LogP contribution in [0.1, 0.15) is 12.8 Å². The lowest BCUT2D eigenvalue weighted by molar-refractivity contribution is 0.443. The highest BCUT2D eigenvalue weighted by Crippen LogP contribution is 2.37. The molecule has 142 valence electrons. The second-order valence-electron chi connectivity index (χ2n) is 6.27. The van der Waals surface area contributed by atoms with Gasteiger partial charge in [0, 0.05) is 25.5 Å². The zero-order valence-corrected chi connectivity index (χ0v) is 18.5. The van der Waals surface area contributed by atoms with E-state index in [1.165, 1.54) is 0 Å². The van der Waals surface area contributed by atoms with Crippen molar-refractivity contribution in [3.8, 4) is 10.7 Å². The second-order valence-corrected chi connectivity index (χ2v) is 8.96. The third kappa shape index (κ3) is 3.33. The molecule has 1 aliphatic heterocycles. The third-order valence-corrected chi connectivity index (χ3v) is 7.43. The van der Waals surface area contributed by atoms with E-state index in [2.05, 4.69) is 43.2 Å². The average molecular weight is 487 g/mol. The molecule has 0 bridgehead atoms. The van der Waals surface area contributed by atoms with E-state index >= 15 is 0 Å². The number of rotatable bonds is 3. The fourth-order valence-corrected chi connectivity index (χ4v) is 5.76. The van der Waals surface area contributed by atoms with Gasteiger partial charge in [-0.15, -0.1) is 12.4 Å². The summed E-state index contributed by atoms with van der Waals surface area (Å²) in [5.41, 5.74) is 1.73. The SMILES string of the molecule is CN(c1nc2sc(-c3cnc(Br)c4nccn34)nc2s1)C1CCNCC1.Cl. The van der Waals surface area contributed by atoms with Crippen molar-refractivity contribution in [2.24, 2.45) is 0 Å². The molecule has 0 atom stereocenters. The average Bonchev–Trinajstić information content (AvgIpc) is 3.37. The Morgan fingerprint density at radius 3 is 2.74 bits per heavy atom. The first kappa shape index (κ1) is 19.0. The van der Waals surface area contributed by atoms with Crippen LogP contribution in [-0.4, -0.2) is 50.5 Å². The van der Waals surface area contributed by atoms with Gasteiger partial charge in [-0.05, 0) is 41.9 Å². The van der Waals surface area contributed by atoms with Crippen LogP contribution in [0.4, 0.5) is 5.13 Å². The molecule has 4 aromatic heterocycles. The first-order valence-electron chi connectivity index (χ1n) is 8.39. The summed E-state index contributed by atoms with van der Waals surface area (Å²) in [7, 11) is 2.15. The maximum atomic E-state index is 4.84. The number of hydrogen-bond donors (Lipinski definition) is 1. The van der Waals surface area contributed by atoms with Crippen LogP contribution in [0.15, 0.2) is 23.2 Å². The monoisotopic (exact) mass is 485 g/mol. The highest BCUT2D eigenvalue weighted by molar-refractivity contribution is 9.10. The van der Waals surface area contributed by atoms with Crippen LogP contribution < -0.4 is 10.2 Å². The number of aromatic nitrogens is 5. The molecular weight excluding hydrogens is 470 g/mol. The molecule has 0 spiro atoms. The molecule has 1 fully saturated rings. The Balaban J connectivity index is 0.00000180. The molecule has 7 nitrogen and oxygen atoms in total. The van der Waals surface area contributed by atoms with Crippen molar-refractivity contribution in [3.63, 3.8) is 0 Å². The zero-order valence-electron chi connectivity index (χ0n) is 14.4. The highest BCUT2D eigenvalue weighted by Gasteiger charge is 2.22. The van der Waals surface area contributed by atoms with Crippen LogP contribution in [0.25, 0.3) is 26.0 Å². The Bertz CT molecular complexity index is 1050. The van der Waals surface area contributed by atoms with E-state index in [0.717, 1.165) is 61.7 Å². The van der Waals surface area contributed by atoms with Gasteiger partial charge in [0.1, 0.15) is 15.3 Å². The van der Waals surface area contributed by atoms with Crippen molar-refractivity contribution >= 4 is 71.5 Å². The summed E-state index contributed by atoms with van der Waals surface area (Å²) in [5, 5.41) is 5.38. The number of halogens is 2. The number of nitrogens with one attached hydrogen (secondary N) is 1. The molecule has 0 amide bonds. The summed E-state index contributed by atoms with van der Waals surface area (Å²) in [6.45, 7) is 2.16. The molecule has 5 rings (SSSR count). The van der Waals surface area contributed by atoms with Gasteiger partial charge in [0.2, 0.25) is 0 Å². The minimum atomic E-state index is 0. The fraction of sp³-hybridized carbons (Fsp3) is 0.375. The maximum Gasteiger partial charge on any atom is 0.188 e. The van der Waals surface area contributed by atoms with E-state index in [4.69, 9.17) is 9.97 Å². The highest BCUT2D eigenvalue weighted by atomic mass is 79.9. The summed E-state index contributed by atoms with van der Waals surface area (Å²) in [6.07, 6.45) is 7.84. The topological polar surface area (TPSA) is 71.2 Å². The zero-order chi connectivity index (χ0) is 17.7. The molecule has 1 N–H and O–H groups in total. The predicted octanol–water partition coefficient (Wildman–Crippen LogP) is 3.84. The quantitative estimate of drug-likeness (QED) is 0.474. The first-order valence-corrected chi connectivity index (χ1v) is 10.8. The molecule has 0 unspecified atom stereocenters. The summed E-state index contributed by atoms with van der Waals surface area (Å²) >= 11 is 6.71. The molecular formula is C16H17BrClN7S2. The molecule has 27 heavy (non-hydrogen) atoms. The maximum absolute atomic E-state index is 4.84. The minimum absolute atomic E-state index is 0. The van der Waals surface area contributed by atoms with Gasteiger partial charge in [-0.2, -0.15) is 0 Å². The fourth-order valence-electron chi connectivity index (χ4n) is 3.29. The Kier molecular flexibility index (Phi) is 5.34. The smallest absolute Gasteiger partial charge is 0.188 e. The van der Waals surface area contributed by atoms with Crippen LogP contribution in [0.5, 0.6) is 0 Å². The largest absolute Gasteiger partial charge is 0.348 e. The molecule has 1 saturated heterocycles. The normalized spacial score (nSPS) is 15.3. The predicted molar refractivity (Wildman–Crippen MR) is 117 cm³/mol. The lowest BCUT2D eigenvalue weighted by Crippen LogP contribution is -2.41. The third-order valence-electron chi connectivity index (χ3n) is 4.73. The van der Waals surface area contributed by atoms with Crippen LogP contribution in [0, 0.1) is 0 Å². The van der Waals surface area contributed by atoms with E-state index in [-0.39, 0.29) is 12.4 Å². The second kappa shape index (κ2) is 7.59. The van der Waals surface area contributed by atoms with Gasteiger partial charge in [-0.1, -0.05) is 22.7 Å². The van der Waals surface area contributed by atoms with Gasteiger partial charge in [-0.3, -0.25) is 4.40 Å². The lowest BCUT2D eigenvalue weighted by Gasteiger charge is -2.31.